The van der Waals surface area contributed by atoms with Gasteiger partial charge in [0, 0.05) is 36.1 Å². The van der Waals surface area contributed by atoms with Gasteiger partial charge in [-0.3, -0.25) is 4.79 Å². The number of carboxylic acid groups (broad SMARTS) is 1. The summed E-state index contributed by atoms with van der Waals surface area (Å²) in [7, 11) is 0. The van der Waals surface area contributed by atoms with E-state index in [0.29, 0.717) is 28.5 Å². The number of urea groups is 1. The van der Waals surface area contributed by atoms with Crippen molar-refractivity contribution in [2.45, 2.75) is 12.3 Å². The van der Waals surface area contributed by atoms with Crippen LogP contribution in [0.15, 0.2) is 54.6 Å². The lowest BCUT2D eigenvalue weighted by molar-refractivity contribution is -0.122. The molecule has 3 aromatic rings. The fraction of sp³-hybridized carbons (Fsp3) is 0.222. The van der Waals surface area contributed by atoms with Crippen LogP contribution in [0.25, 0.3) is 0 Å². The number of carbonyl (C=O) groups excluding carboxylic acids is 2. The van der Waals surface area contributed by atoms with E-state index in [0.717, 1.165) is 16.8 Å². The molecular formula is C27H23N3O7. The number of amides is 3. The van der Waals surface area contributed by atoms with Crippen molar-refractivity contribution in [2.75, 3.05) is 36.7 Å². The molecule has 10 nitrogen and oxygen atoms in total. The Morgan fingerprint density at radius 3 is 2.59 bits per heavy atom. The average molecular weight is 501 g/mol. The SMILES string of the molecule is Cc1c(NC(=O)NCCN2C(=O)C3(COc4cc5c(cc43)OCO5)c3ccccc32)cccc1C(=O)O. The molecule has 1 atom stereocenters. The molecule has 0 aromatic heterocycles. The van der Waals surface area contributed by atoms with Gasteiger partial charge in [0.1, 0.15) is 17.8 Å². The molecule has 188 valence electrons. The first kappa shape index (κ1) is 22.7. The fourth-order valence-corrected chi connectivity index (χ4v) is 5.24. The summed E-state index contributed by atoms with van der Waals surface area (Å²) in [5.74, 6) is 0.547. The van der Waals surface area contributed by atoms with Crippen molar-refractivity contribution < 1.29 is 33.7 Å². The number of nitrogens with zero attached hydrogens (tertiary/aromatic N) is 1. The average Bonchev–Trinajstić information content (AvgIpc) is 3.56. The number of benzene rings is 3. The zero-order chi connectivity index (χ0) is 25.7. The van der Waals surface area contributed by atoms with Crippen molar-refractivity contribution in [3.05, 3.63) is 76.9 Å². The Labute approximate surface area is 211 Å². The Morgan fingerprint density at radius 1 is 1.00 bits per heavy atom. The van der Waals surface area contributed by atoms with Crippen LogP contribution in [0.2, 0.25) is 0 Å². The summed E-state index contributed by atoms with van der Waals surface area (Å²) >= 11 is 0. The van der Waals surface area contributed by atoms with Gasteiger partial charge in [-0.05, 0) is 42.3 Å². The molecule has 3 aliphatic heterocycles. The Morgan fingerprint density at radius 2 is 1.78 bits per heavy atom. The molecule has 37 heavy (non-hydrogen) atoms. The maximum Gasteiger partial charge on any atom is 0.336 e. The molecule has 3 aromatic carbocycles. The molecule has 1 unspecified atom stereocenters. The van der Waals surface area contributed by atoms with E-state index in [9.17, 15) is 19.5 Å². The summed E-state index contributed by atoms with van der Waals surface area (Å²) in [4.78, 5) is 39.5. The quantitative estimate of drug-likeness (QED) is 0.490. The highest BCUT2D eigenvalue weighted by atomic mass is 16.7. The number of carbonyl (C=O) groups is 3. The van der Waals surface area contributed by atoms with Gasteiger partial charge in [0.25, 0.3) is 0 Å². The van der Waals surface area contributed by atoms with Crippen LogP contribution >= 0.6 is 0 Å². The smallest absolute Gasteiger partial charge is 0.336 e. The highest BCUT2D eigenvalue weighted by Gasteiger charge is 2.57. The van der Waals surface area contributed by atoms with E-state index in [-0.39, 0.29) is 38.0 Å². The highest BCUT2D eigenvalue weighted by molar-refractivity contribution is 6.11. The third-order valence-corrected chi connectivity index (χ3v) is 7.08. The molecule has 0 radical (unpaired) electrons. The van der Waals surface area contributed by atoms with Gasteiger partial charge in [-0.1, -0.05) is 24.3 Å². The minimum atomic E-state index is -1.07. The number of ether oxygens (including phenoxy) is 3. The largest absolute Gasteiger partial charge is 0.491 e. The fourth-order valence-electron chi connectivity index (χ4n) is 5.24. The molecule has 6 rings (SSSR count). The summed E-state index contributed by atoms with van der Waals surface area (Å²) in [5.41, 5.74) is 2.29. The predicted molar refractivity (Wildman–Crippen MR) is 133 cm³/mol. The van der Waals surface area contributed by atoms with Crippen molar-refractivity contribution in [3.8, 4) is 17.2 Å². The van der Waals surface area contributed by atoms with Gasteiger partial charge < -0.3 is 34.9 Å². The minimum Gasteiger partial charge on any atom is -0.491 e. The first-order valence-electron chi connectivity index (χ1n) is 11.8. The maximum atomic E-state index is 14.0. The first-order valence-corrected chi connectivity index (χ1v) is 11.8. The molecule has 0 fully saturated rings. The number of hydrogen-bond donors (Lipinski definition) is 3. The van der Waals surface area contributed by atoms with Crippen LogP contribution in [0.4, 0.5) is 16.2 Å². The maximum absolute atomic E-state index is 14.0. The van der Waals surface area contributed by atoms with Crippen molar-refractivity contribution in [2.24, 2.45) is 0 Å². The van der Waals surface area contributed by atoms with Crippen molar-refractivity contribution in [1.82, 2.24) is 5.32 Å². The van der Waals surface area contributed by atoms with Crippen LogP contribution in [0.1, 0.15) is 27.0 Å². The second-order valence-corrected chi connectivity index (χ2v) is 9.03. The van der Waals surface area contributed by atoms with Crippen molar-refractivity contribution in [3.63, 3.8) is 0 Å². The van der Waals surface area contributed by atoms with Gasteiger partial charge in [-0.2, -0.15) is 0 Å². The molecule has 3 N–H and O–H groups in total. The lowest BCUT2D eigenvalue weighted by Gasteiger charge is -2.23. The van der Waals surface area contributed by atoms with Gasteiger partial charge in [0.15, 0.2) is 11.5 Å². The van der Waals surface area contributed by atoms with E-state index in [1.54, 1.807) is 30.0 Å². The molecule has 3 heterocycles. The monoisotopic (exact) mass is 501 g/mol. The number of hydrogen-bond acceptors (Lipinski definition) is 6. The summed E-state index contributed by atoms with van der Waals surface area (Å²) in [6.07, 6.45) is 0. The van der Waals surface area contributed by atoms with Gasteiger partial charge in [0.2, 0.25) is 12.7 Å². The van der Waals surface area contributed by atoms with E-state index in [4.69, 9.17) is 14.2 Å². The van der Waals surface area contributed by atoms with Gasteiger partial charge in [-0.15, -0.1) is 0 Å². The predicted octanol–water partition coefficient (Wildman–Crippen LogP) is 3.27. The number of rotatable bonds is 5. The van der Waals surface area contributed by atoms with Crippen LogP contribution in [0, 0.1) is 6.92 Å². The Bertz CT molecular complexity index is 1470. The van der Waals surface area contributed by atoms with Crippen LogP contribution in [-0.4, -0.2) is 49.5 Å². The van der Waals surface area contributed by atoms with E-state index in [1.165, 1.54) is 6.07 Å². The van der Waals surface area contributed by atoms with E-state index in [2.05, 4.69) is 10.6 Å². The molecule has 0 saturated heterocycles. The van der Waals surface area contributed by atoms with Crippen LogP contribution < -0.4 is 29.7 Å². The number of nitrogens with one attached hydrogen (secondary N) is 2. The zero-order valence-corrected chi connectivity index (χ0v) is 19.9. The van der Waals surface area contributed by atoms with E-state index < -0.39 is 17.4 Å². The zero-order valence-electron chi connectivity index (χ0n) is 19.9. The van der Waals surface area contributed by atoms with Crippen LogP contribution in [0.5, 0.6) is 17.2 Å². The Kier molecular flexibility index (Phi) is 5.18. The molecule has 1 spiro atoms. The summed E-state index contributed by atoms with van der Waals surface area (Å²) < 4.78 is 17.0. The molecule has 0 aliphatic carbocycles. The second kappa shape index (κ2) is 8.44. The number of fused-ring (bicyclic) bond motifs is 5. The highest BCUT2D eigenvalue weighted by Crippen LogP contribution is 2.54. The number of carboxylic acids is 1. The molecule has 10 heteroatoms. The van der Waals surface area contributed by atoms with E-state index in [1.807, 2.05) is 30.3 Å². The van der Waals surface area contributed by atoms with Gasteiger partial charge >= 0.3 is 12.0 Å². The van der Waals surface area contributed by atoms with Gasteiger partial charge in [0.05, 0.1) is 5.56 Å². The minimum absolute atomic E-state index is 0.115. The Hall–Kier alpha value is -4.73. The third kappa shape index (κ3) is 3.44. The summed E-state index contributed by atoms with van der Waals surface area (Å²) in [5, 5.41) is 14.7. The molecule has 0 bridgehead atoms. The topological polar surface area (TPSA) is 126 Å². The van der Waals surface area contributed by atoms with Gasteiger partial charge in [-0.25, -0.2) is 9.59 Å². The third-order valence-electron chi connectivity index (χ3n) is 7.08. The number of para-hydroxylation sites is 1. The van der Waals surface area contributed by atoms with Crippen molar-refractivity contribution >= 4 is 29.3 Å². The van der Waals surface area contributed by atoms with Crippen molar-refractivity contribution in [1.29, 1.82) is 0 Å². The standard InChI is InChI=1S/C27H23N3O7/c1-15-16(24(31)32)5-4-7-19(15)29-26(34)28-9-10-30-20-8-3-2-6-17(20)27(25(30)33)13-35-21-12-23-22(11-18(21)27)36-14-37-23/h2-8,11-12H,9-10,13-14H2,1H3,(H,31,32)(H2,28,29,34). The molecule has 3 amide bonds. The number of aromatic carboxylic acids is 1. The first-order chi connectivity index (χ1) is 17.9. The van der Waals surface area contributed by atoms with Crippen LogP contribution in [-0.2, 0) is 10.2 Å². The lowest BCUT2D eigenvalue weighted by Crippen LogP contribution is -2.45. The normalized spacial score (nSPS) is 18.4. The molecule has 3 aliphatic rings. The molecular weight excluding hydrogens is 478 g/mol. The summed E-state index contributed by atoms with van der Waals surface area (Å²) in [6, 6.07) is 15.3. The Balaban J connectivity index is 1.21. The van der Waals surface area contributed by atoms with E-state index >= 15 is 0 Å². The number of anilines is 2. The summed E-state index contributed by atoms with van der Waals surface area (Å²) in [6.45, 7) is 2.32. The molecule has 0 saturated carbocycles. The second-order valence-electron chi connectivity index (χ2n) is 9.03. The lowest BCUT2D eigenvalue weighted by atomic mass is 9.77. The van der Waals surface area contributed by atoms with Crippen LogP contribution in [0.3, 0.4) is 0 Å².